The van der Waals surface area contributed by atoms with E-state index in [1.807, 2.05) is 13.8 Å². The number of amides is 2. The fourth-order valence-corrected chi connectivity index (χ4v) is 4.46. The zero-order chi connectivity index (χ0) is 24.7. The maximum Gasteiger partial charge on any atom is 0.257 e. The van der Waals surface area contributed by atoms with Crippen molar-refractivity contribution in [2.75, 3.05) is 36.9 Å². The van der Waals surface area contributed by atoms with Crippen molar-refractivity contribution < 1.29 is 18.7 Å². The summed E-state index contributed by atoms with van der Waals surface area (Å²) >= 11 is 5.91. The molecule has 3 N–H and O–H groups in total. The fourth-order valence-electron chi connectivity index (χ4n) is 4.28. The number of ether oxygens (including phenoxy) is 1. The molecule has 2 aliphatic heterocycles. The minimum absolute atomic E-state index is 0.0411. The van der Waals surface area contributed by atoms with Crippen LogP contribution in [0.3, 0.4) is 0 Å². The van der Waals surface area contributed by atoms with Gasteiger partial charge in [0.05, 0.1) is 34.9 Å². The van der Waals surface area contributed by atoms with Crippen LogP contribution in [0.25, 0.3) is 11.6 Å². The standard InChI is InChI=1S/C24H22ClFN6O3/c1-12-18(29-13(2)19(12)24(34)32-5-7-35-8-6-32)10-15-20-21(27-11-28-22(20)31-23(15)33)30-14-3-4-17(26)16(25)9-14/h3-4,9-11,29H,5-8H2,1-2H3,(H2,27,28,30,31,33)/b15-10-. The number of benzene rings is 1. The molecule has 0 unspecified atom stereocenters. The zero-order valence-corrected chi connectivity index (χ0v) is 19.8. The normalized spacial score (nSPS) is 16.4. The molecule has 3 aromatic rings. The van der Waals surface area contributed by atoms with Gasteiger partial charge in [-0.2, -0.15) is 0 Å². The topological polar surface area (TPSA) is 112 Å². The zero-order valence-electron chi connectivity index (χ0n) is 19.0. The molecule has 0 spiro atoms. The van der Waals surface area contributed by atoms with Gasteiger partial charge in [0.1, 0.15) is 23.8 Å². The number of carbonyl (C=O) groups is 2. The maximum atomic E-state index is 13.6. The monoisotopic (exact) mass is 496 g/mol. The first-order valence-corrected chi connectivity index (χ1v) is 11.4. The highest BCUT2D eigenvalue weighted by Crippen LogP contribution is 2.38. The Kier molecular flexibility index (Phi) is 6.00. The summed E-state index contributed by atoms with van der Waals surface area (Å²) < 4.78 is 18.9. The van der Waals surface area contributed by atoms with Crippen LogP contribution < -0.4 is 10.6 Å². The number of H-pyrrole nitrogens is 1. The van der Waals surface area contributed by atoms with Crippen molar-refractivity contribution in [3.8, 4) is 0 Å². The van der Waals surface area contributed by atoms with Crippen molar-refractivity contribution in [2.45, 2.75) is 13.8 Å². The van der Waals surface area contributed by atoms with Crippen molar-refractivity contribution in [3.63, 3.8) is 0 Å². The molecule has 11 heteroatoms. The smallest absolute Gasteiger partial charge is 0.257 e. The van der Waals surface area contributed by atoms with E-state index in [1.54, 1.807) is 11.0 Å². The van der Waals surface area contributed by atoms with E-state index in [4.69, 9.17) is 16.3 Å². The van der Waals surface area contributed by atoms with Crippen LogP contribution in [0.2, 0.25) is 5.02 Å². The summed E-state index contributed by atoms with van der Waals surface area (Å²) in [5, 5.41) is 5.78. The van der Waals surface area contributed by atoms with Crippen LogP contribution in [0, 0.1) is 19.7 Å². The summed E-state index contributed by atoms with van der Waals surface area (Å²) in [6, 6.07) is 4.19. The Labute approximate surface area is 205 Å². The molecule has 1 aromatic carbocycles. The number of hydrogen-bond acceptors (Lipinski definition) is 6. The van der Waals surface area contributed by atoms with E-state index >= 15 is 0 Å². The third-order valence-electron chi connectivity index (χ3n) is 6.05. The molecule has 2 aromatic heterocycles. The van der Waals surface area contributed by atoms with Crippen molar-refractivity contribution in [1.82, 2.24) is 19.9 Å². The molecule has 0 aliphatic carbocycles. The first kappa shape index (κ1) is 23.0. The average molecular weight is 497 g/mol. The summed E-state index contributed by atoms with van der Waals surface area (Å²) in [5.74, 6) is -0.263. The van der Waals surface area contributed by atoms with Crippen LogP contribution in [0.1, 0.15) is 32.9 Å². The molecular weight excluding hydrogens is 475 g/mol. The Balaban J connectivity index is 1.52. The highest BCUT2D eigenvalue weighted by atomic mass is 35.5. The van der Waals surface area contributed by atoms with Crippen molar-refractivity contribution >= 4 is 52.4 Å². The SMILES string of the molecule is Cc1[nH]c(/C=C2\C(=O)Nc3ncnc(Nc4ccc(F)c(Cl)c4)c32)c(C)c1C(=O)N1CCOCC1. The minimum atomic E-state index is -0.539. The molecule has 2 amide bonds. The molecule has 0 atom stereocenters. The lowest BCUT2D eigenvalue weighted by molar-refractivity contribution is -0.110. The van der Waals surface area contributed by atoms with Crippen LogP contribution in [-0.2, 0) is 9.53 Å². The van der Waals surface area contributed by atoms with E-state index in [-0.39, 0.29) is 16.8 Å². The number of carbonyl (C=O) groups excluding carboxylic acids is 2. The number of anilines is 3. The van der Waals surface area contributed by atoms with Gasteiger partial charge in [0.2, 0.25) is 0 Å². The number of aromatic nitrogens is 3. The van der Waals surface area contributed by atoms with Crippen LogP contribution in [0.4, 0.5) is 21.7 Å². The molecule has 4 heterocycles. The number of nitrogens with zero attached hydrogens (tertiary/aromatic N) is 3. The Morgan fingerprint density at radius 2 is 2.03 bits per heavy atom. The quantitative estimate of drug-likeness (QED) is 0.472. The Bertz CT molecular complexity index is 1380. The van der Waals surface area contributed by atoms with Gasteiger partial charge in [0.15, 0.2) is 0 Å². The van der Waals surface area contributed by atoms with Crippen molar-refractivity contribution in [1.29, 1.82) is 0 Å². The number of nitrogens with one attached hydrogen (secondary N) is 3. The van der Waals surface area contributed by atoms with E-state index in [0.717, 1.165) is 5.56 Å². The van der Waals surface area contributed by atoms with E-state index in [9.17, 15) is 14.0 Å². The third-order valence-corrected chi connectivity index (χ3v) is 6.34. The Hall–Kier alpha value is -3.76. The van der Waals surface area contributed by atoms with Crippen LogP contribution in [0.5, 0.6) is 0 Å². The van der Waals surface area contributed by atoms with Crippen LogP contribution in [0.15, 0.2) is 24.5 Å². The van der Waals surface area contributed by atoms with Gasteiger partial charge in [0.25, 0.3) is 11.8 Å². The third kappa shape index (κ3) is 4.26. The molecule has 35 heavy (non-hydrogen) atoms. The number of halogens is 2. The van der Waals surface area contributed by atoms with Crippen molar-refractivity contribution in [2.24, 2.45) is 0 Å². The highest BCUT2D eigenvalue weighted by Gasteiger charge is 2.31. The first-order valence-electron chi connectivity index (χ1n) is 11.0. The molecule has 0 radical (unpaired) electrons. The number of morpholine rings is 1. The molecule has 2 aliphatic rings. The number of aryl methyl sites for hydroxylation is 1. The second-order valence-electron chi connectivity index (χ2n) is 8.28. The molecule has 1 fully saturated rings. The minimum Gasteiger partial charge on any atom is -0.378 e. The number of fused-ring (bicyclic) bond motifs is 1. The Morgan fingerprint density at radius 1 is 1.26 bits per heavy atom. The van der Waals surface area contributed by atoms with Gasteiger partial charge in [0, 0.05) is 30.2 Å². The van der Waals surface area contributed by atoms with E-state index in [2.05, 4.69) is 25.6 Å². The summed E-state index contributed by atoms with van der Waals surface area (Å²) in [6.45, 7) is 5.77. The van der Waals surface area contributed by atoms with Gasteiger partial charge < -0.3 is 25.3 Å². The number of aromatic amines is 1. The number of rotatable bonds is 4. The second-order valence-corrected chi connectivity index (χ2v) is 8.69. The Morgan fingerprint density at radius 3 is 2.77 bits per heavy atom. The number of hydrogen-bond donors (Lipinski definition) is 3. The summed E-state index contributed by atoms with van der Waals surface area (Å²) in [5.41, 5.74) is 3.97. The average Bonchev–Trinajstić information content (AvgIpc) is 3.31. The lowest BCUT2D eigenvalue weighted by Gasteiger charge is -2.27. The highest BCUT2D eigenvalue weighted by molar-refractivity contribution is 6.35. The predicted molar refractivity (Wildman–Crippen MR) is 130 cm³/mol. The first-order chi connectivity index (χ1) is 16.8. The molecule has 0 bridgehead atoms. The molecular formula is C24H22ClFN6O3. The van der Waals surface area contributed by atoms with E-state index in [0.29, 0.717) is 71.7 Å². The van der Waals surface area contributed by atoms with E-state index in [1.165, 1.54) is 24.5 Å². The van der Waals surface area contributed by atoms with E-state index < -0.39 is 5.82 Å². The van der Waals surface area contributed by atoms with Crippen LogP contribution in [-0.4, -0.2) is 58.0 Å². The van der Waals surface area contributed by atoms with Crippen molar-refractivity contribution in [3.05, 3.63) is 63.4 Å². The lowest BCUT2D eigenvalue weighted by atomic mass is 10.0. The molecule has 0 saturated carbocycles. The van der Waals surface area contributed by atoms with Gasteiger partial charge in [-0.05, 0) is 43.7 Å². The van der Waals surface area contributed by atoms with Gasteiger partial charge in [-0.3, -0.25) is 9.59 Å². The summed E-state index contributed by atoms with van der Waals surface area (Å²) in [6.07, 6.45) is 3.00. The predicted octanol–water partition coefficient (Wildman–Crippen LogP) is 3.92. The van der Waals surface area contributed by atoms with Gasteiger partial charge in [-0.15, -0.1) is 0 Å². The van der Waals surface area contributed by atoms with Gasteiger partial charge in [-0.1, -0.05) is 11.6 Å². The van der Waals surface area contributed by atoms with Gasteiger partial charge in [-0.25, -0.2) is 14.4 Å². The molecule has 5 rings (SSSR count). The summed E-state index contributed by atoms with van der Waals surface area (Å²) in [4.78, 5) is 39.5. The maximum absolute atomic E-state index is 13.6. The molecule has 180 valence electrons. The fraction of sp³-hybridized carbons (Fsp3) is 0.250. The lowest BCUT2D eigenvalue weighted by Crippen LogP contribution is -2.41. The molecule has 1 saturated heterocycles. The molecule has 9 nitrogen and oxygen atoms in total. The second kappa shape index (κ2) is 9.12. The summed E-state index contributed by atoms with van der Waals surface area (Å²) in [7, 11) is 0. The van der Waals surface area contributed by atoms with Gasteiger partial charge >= 0.3 is 0 Å². The van der Waals surface area contributed by atoms with Crippen LogP contribution >= 0.6 is 11.6 Å². The largest absolute Gasteiger partial charge is 0.378 e.